The smallest absolute Gasteiger partial charge is 0.323 e. The highest BCUT2D eigenvalue weighted by Crippen LogP contribution is 2.26. The molecule has 98 valence electrons. The van der Waals surface area contributed by atoms with Gasteiger partial charge in [0.05, 0.1) is 0 Å². The van der Waals surface area contributed by atoms with Crippen LogP contribution >= 0.6 is 15.6 Å². The van der Waals surface area contributed by atoms with Crippen molar-refractivity contribution in [2.45, 2.75) is 13.8 Å². The summed E-state index contributed by atoms with van der Waals surface area (Å²) in [7, 11) is -5.53. The van der Waals surface area contributed by atoms with Crippen LogP contribution in [-0.4, -0.2) is 43.5 Å². The van der Waals surface area contributed by atoms with E-state index in [0.717, 1.165) is 0 Å². The molecule has 0 bridgehead atoms. The van der Waals surface area contributed by atoms with E-state index in [2.05, 4.69) is 5.32 Å². The van der Waals surface area contributed by atoms with Crippen LogP contribution in [0.3, 0.4) is 0 Å². The molecular formula is C4H19NO8P2. The highest BCUT2D eigenvalue weighted by molar-refractivity contribution is 7.45. The van der Waals surface area contributed by atoms with Gasteiger partial charge in [-0.1, -0.05) is 13.8 Å². The Hall–Kier alpha value is 0.180. The summed E-state index contributed by atoms with van der Waals surface area (Å²) in [5.41, 5.74) is 0. The average molecular weight is 271 g/mol. The third-order valence-corrected chi connectivity index (χ3v) is 0. The fraction of sp³-hybridized carbons (Fsp3) is 1.00. The van der Waals surface area contributed by atoms with Gasteiger partial charge in [-0.15, -0.1) is 0 Å². The summed E-state index contributed by atoms with van der Waals surface area (Å²) in [5.74, 6) is 0. The summed E-state index contributed by atoms with van der Waals surface area (Å²) >= 11 is 0. The minimum Gasteiger partial charge on any atom is -0.323 e. The van der Waals surface area contributed by atoms with E-state index in [4.69, 9.17) is 38.5 Å². The molecule has 9 nitrogen and oxygen atoms in total. The van der Waals surface area contributed by atoms with Crippen molar-refractivity contribution >= 4 is 15.6 Å². The quantitative estimate of drug-likeness (QED) is 0.273. The number of phosphoric acid groups is 2. The molecule has 0 aromatic carbocycles. The normalized spacial score (nSPS) is 9.47. The standard InChI is InChI=1S/C2H7N.C2H6.2H3O4P/c1-3-2;1-2;2*1-5(2,3)4/h3H,1-2H3;1-2H3;2*(H3,1,2,3,4). The molecule has 0 heterocycles. The van der Waals surface area contributed by atoms with Crippen molar-refractivity contribution in [3.8, 4) is 0 Å². The minimum atomic E-state index is -4.64. The first-order valence-corrected chi connectivity index (χ1v) is 6.70. The second kappa shape index (κ2) is 14.2. The summed E-state index contributed by atoms with van der Waals surface area (Å²) in [6, 6.07) is 0. The number of nitrogens with one attached hydrogen (secondary N) is 1. The van der Waals surface area contributed by atoms with Gasteiger partial charge in [-0.3, -0.25) is 0 Å². The van der Waals surface area contributed by atoms with Gasteiger partial charge in [-0.25, -0.2) is 9.13 Å². The van der Waals surface area contributed by atoms with Crippen LogP contribution in [0.4, 0.5) is 0 Å². The first-order chi connectivity index (χ1) is 6.41. The lowest BCUT2D eigenvalue weighted by Gasteiger charge is -1.82. The third-order valence-electron chi connectivity index (χ3n) is 0. The van der Waals surface area contributed by atoms with Crippen molar-refractivity contribution in [3.05, 3.63) is 0 Å². The molecule has 0 fully saturated rings. The molecule has 0 saturated heterocycles. The van der Waals surface area contributed by atoms with Gasteiger partial charge in [0.1, 0.15) is 0 Å². The SMILES string of the molecule is CC.CNC.O=P(O)(O)O.O=P(O)(O)O. The zero-order valence-electron chi connectivity index (χ0n) is 8.89. The van der Waals surface area contributed by atoms with Crippen LogP contribution in [0.15, 0.2) is 0 Å². The Kier molecular flexibility index (Phi) is 23.1. The summed E-state index contributed by atoms with van der Waals surface area (Å²) in [6.45, 7) is 4.00. The van der Waals surface area contributed by atoms with Gasteiger partial charge in [0.25, 0.3) is 0 Å². The van der Waals surface area contributed by atoms with Crippen molar-refractivity contribution in [2.75, 3.05) is 14.1 Å². The van der Waals surface area contributed by atoms with Gasteiger partial charge in [-0.2, -0.15) is 0 Å². The molecule has 15 heavy (non-hydrogen) atoms. The molecule has 0 aliphatic carbocycles. The highest BCUT2D eigenvalue weighted by atomic mass is 31.2. The van der Waals surface area contributed by atoms with Crippen LogP contribution in [0.2, 0.25) is 0 Å². The topological polar surface area (TPSA) is 168 Å². The molecule has 0 saturated carbocycles. The molecule has 0 aromatic rings. The lowest BCUT2D eigenvalue weighted by Crippen LogP contribution is -1.89. The molecule has 11 heteroatoms. The lowest BCUT2D eigenvalue weighted by atomic mass is 11.0. The van der Waals surface area contributed by atoms with Gasteiger partial charge in [0.15, 0.2) is 0 Å². The number of hydrogen-bond acceptors (Lipinski definition) is 3. The number of rotatable bonds is 0. The minimum absolute atomic E-state index is 1.88. The molecule has 0 atom stereocenters. The van der Waals surface area contributed by atoms with Crippen molar-refractivity contribution in [1.82, 2.24) is 5.32 Å². The maximum Gasteiger partial charge on any atom is 0.466 e. The molecule has 0 amide bonds. The fourth-order valence-corrected chi connectivity index (χ4v) is 0. The van der Waals surface area contributed by atoms with Crippen LogP contribution in [-0.2, 0) is 9.13 Å². The van der Waals surface area contributed by atoms with Crippen molar-refractivity contribution < 1.29 is 38.5 Å². The first kappa shape index (κ1) is 24.4. The van der Waals surface area contributed by atoms with Crippen LogP contribution in [0.5, 0.6) is 0 Å². The lowest BCUT2D eigenvalue weighted by molar-refractivity contribution is 0.272. The Morgan fingerprint density at radius 3 is 0.733 bits per heavy atom. The molecule has 0 spiro atoms. The molecule has 0 aliphatic rings. The van der Waals surface area contributed by atoms with E-state index in [1.807, 2.05) is 27.9 Å². The maximum absolute atomic E-state index is 8.88. The van der Waals surface area contributed by atoms with E-state index in [9.17, 15) is 0 Å². The van der Waals surface area contributed by atoms with Crippen LogP contribution in [0, 0.1) is 0 Å². The van der Waals surface area contributed by atoms with E-state index < -0.39 is 15.6 Å². The molecule has 0 unspecified atom stereocenters. The van der Waals surface area contributed by atoms with Crippen molar-refractivity contribution in [1.29, 1.82) is 0 Å². The maximum atomic E-state index is 8.88. The molecule has 0 radical (unpaired) electrons. The van der Waals surface area contributed by atoms with Gasteiger partial charge in [0.2, 0.25) is 0 Å². The third kappa shape index (κ3) is 64900. The van der Waals surface area contributed by atoms with E-state index in [0.29, 0.717) is 0 Å². The Labute approximate surface area is 88.3 Å². The largest absolute Gasteiger partial charge is 0.466 e. The second-order valence-electron chi connectivity index (χ2n) is 1.53. The first-order valence-electron chi connectivity index (χ1n) is 3.57. The fourth-order valence-electron chi connectivity index (χ4n) is 0. The monoisotopic (exact) mass is 271 g/mol. The van der Waals surface area contributed by atoms with Crippen LogP contribution < -0.4 is 5.32 Å². The number of hydrogen-bond donors (Lipinski definition) is 7. The summed E-state index contributed by atoms with van der Waals surface area (Å²) in [4.78, 5) is 43.1. The summed E-state index contributed by atoms with van der Waals surface area (Å²) in [6.07, 6.45) is 0. The average Bonchev–Trinajstić information content (AvgIpc) is 1.84. The predicted molar refractivity (Wildman–Crippen MR) is 54.9 cm³/mol. The van der Waals surface area contributed by atoms with Gasteiger partial charge in [-0.05, 0) is 14.1 Å². The van der Waals surface area contributed by atoms with E-state index in [1.54, 1.807) is 0 Å². The predicted octanol–water partition coefficient (Wildman–Crippen LogP) is -0.995. The van der Waals surface area contributed by atoms with Crippen molar-refractivity contribution in [3.63, 3.8) is 0 Å². The zero-order chi connectivity index (χ0) is 13.7. The Balaban J connectivity index is -0.0000000574. The summed E-state index contributed by atoms with van der Waals surface area (Å²) < 4.78 is 17.8. The molecule has 0 aromatic heterocycles. The molecule has 0 aliphatic heterocycles. The molecule has 0 rings (SSSR count). The van der Waals surface area contributed by atoms with E-state index >= 15 is 0 Å². The molecule has 7 N–H and O–H groups in total. The van der Waals surface area contributed by atoms with Gasteiger partial charge >= 0.3 is 15.6 Å². The zero-order valence-corrected chi connectivity index (χ0v) is 10.7. The molecular weight excluding hydrogens is 252 g/mol. The van der Waals surface area contributed by atoms with Crippen LogP contribution in [0.25, 0.3) is 0 Å². The van der Waals surface area contributed by atoms with Crippen LogP contribution in [0.1, 0.15) is 13.8 Å². The van der Waals surface area contributed by atoms with Gasteiger partial charge < -0.3 is 34.7 Å². The van der Waals surface area contributed by atoms with E-state index in [1.165, 1.54) is 0 Å². The Bertz CT molecular complexity index is 149. The Morgan fingerprint density at radius 1 is 0.733 bits per heavy atom. The second-order valence-corrected chi connectivity index (χ2v) is 3.58. The Morgan fingerprint density at radius 2 is 0.733 bits per heavy atom. The van der Waals surface area contributed by atoms with E-state index in [-0.39, 0.29) is 0 Å². The highest BCUT2D eigenvalue weighted by Gasteiger charge is 2.00. The van der Waals surface area contributed by atoms with Gasteiger partial charge in [0, 0.05) is 0 Å². The van der Waals surface area contributed by atoms with Crippen molar-refractivity contribution in [2.24, 2.45) is 0 Å². The summed E-state index contributed by atoms with van der Waals surface area (Å²) in [5, 5.41) is 2.75.